The average Bonchev–Trinajstić information content (AvgIpc) is 2.74. The van der Waals surface area contributed by atoms with Gasteiger partial charge < -0.3 is 10.0 Å². The summed E-state index contributed by atoms with van der Waals surface area (Å²) in [5, 5.41) is 12.8. The third kappa shape index (κ3) is 3.02. The summed E-state index contributed by atoms with van der Waals surface area (Å²) >= 11 is 7.85. The first-order valence-electron chi connectivity index (χ1n) is 5.61. The van der Waals surface area contributed by atoms with E-state index in [1.54, 1.807) is 17.4 Å². The number of halogens is 1. The van der Waals surface area contributed by atoms with Gasteiger partial charge in [-0.3, -0.25) is 0 Å². The van der Waals surface area contributed by atoms with E-state index in [1.807, 2.05) is 26.1 Å². The Labute approximate surface area is 116 Å². The molecule has 1 aromatic heterocycles. The Hall–Kier alpha value is -1.10. The van der Waals surface area contributed by atoms with Crippen molar-refractivity contribution in [3.63, 3.8) is 0 Å². The number of nitrogens with zero attached hydrogens (tertiary/aromatic N) is 2. The molecule has 2 aromatic rings. The second-order valence-corrected chi connectivity index (χ2v) is 5.63. The van der Waals surface area contributed by atoms with E-state index in [9.17, 15) is 0 Å². The first-order chi connectivity index (χ1) is 8.60. The van der Waals surface area contributed by atoms with E-state index in [0.29, 0.717) is 5.02 Å². The highest BCUT2D eigenvalue weighted by Crippen LogP contribution is 2.27. The van der Waals surface area contributed by atoms with E-state index < -0.39 is 0 Å². The highest BCUT2D eigenvalue weighted by molar-refractivity contribution is 7.09. The highest BCUT2D eigenvalue weighted by Gasteiger charge is 2.09. The van der Waals surface area contributed by atoms with Crippen molar-refractivity contribution in [1.82, 2.24) is 4.98 Å². The average molecular weight is 283 g/mol. The molecule has 0 saturated carbocycles. The van der Waals surface area contributed by atoms with Crippen LogP contribution in [0.4, 0.5) is 5.69 Å². The molecule has 5 heteroatoms. The zero-order valence-electron chi connectivity index (χ0n) is 10.4. The zero-order chi connectivity index (χ0) is 13.1. The van der Waals surface area contributed by atoms with E-state index in [-0.39, 0.29) is 6.61 Å². The van der Waals surface area contributed by atoms with Crippen molar-refractivity contribution >= 4 is 28.6 Å². The largest absolute Gasteiger partial charge is 0.392 e. The second-order valence-electron chi connectivity index (χ2n) is 4.16. The van der Waals surface area contributed by atoms with Gasteiger partial charge in [-0.1, -0.05) is 17.7 Å². The number of benzene rings is 1. The van der Waals surface area contributed by atoms with Crippen LogP contribution in [-0.2, 0) is 13.2 Å². The molecule has 0 bridgehead atoms. The van der Waals surface area contributed by atoms with Gasteiger partial charge in [-0.2, -0.15) is 0 Å². The number of aliphatic hydroxyl groups excluding tert-OH is 1. The fourth-order valence-electron chi connectivity index (χ4n) is 1.77. The van der Waals surface area contributed by atoms with E-state index in [0.717, 1.165) is 28.5 Å². The van der Waals surface area contributed by atoms with Crippen LogP contribution < -0.4 is 4.90 Å². The van der Waals surface area contributed by atoms with Gasteiger partial charge in [0.25, 0.3) is 0 Å². The first-order valence-corrected chi connectivity index (χ1v) is 6.87. The third-order valence-corrected chi connectivity index (χ3v) is 3.80. The summed E-state index contributed by atoms with van der Waals surface area (Å²) in [4.78, 5) is 6.49. The molecule has 1 heterocycles. The Kier molecular flexibility index (Phi) is 4.22. The quantitative estimate of drug-likeness (QED) is 0.935. The van der Waals surface area contributed by atoms with Crippen LogP contribution in [0.2, 0.25) is 5.02 Å². The van der Waals surface area contributed by atoms with Crippen LogP contribution in [0.15, 0.2) is 23.6 Å². The predicted octanol–water partition coefficient (Wildman–Crippen LogP) is 3.23. The normalized spacial score (nSPS) is 10.7. The number of aromatic nitrogens is 1. The lowest BCUT2D eigenvalue weighted by molar-refractivity contribution is 0.282. The number of anilines is 1. The second kappa shape index (κ2) is 5.69. The number of aryl methyl sites for hydroxylation is 1. The molecule has 96 valence electrons. The third-order valence-electron chi connectivity index (χ3n) is 2.67. The predicted molar refractivity (Wildman–Crippen MR) is 76.3 cm³/mol. The summed E-state index contributed by atoms with van der Waals surface area (Å²) < 4.78 is 0. The summed E-state index contributed by atoms with van der Waals surface area (Å²) in [5.41, 5.74) is 2.81. The number of rotatable bonds is 4. The van der Waals surface area contributed by atoms with E-state index >= 15 is 0 Å². The molecule has 3 nitrogen and oxygen atoms in total. The SMILES string of the molecule is Cc1nc(CN(C)c2ccc(CO)cc2Cl)cs1. The smallest absolute Gasteiger partial charge is 0.0898 e. The summed E-state index contributed by atoms with van der Waals surface area (Å²) in [6, 6.07) is 5.59. The van der Waals surface area contributed by atoms with E-state index in [4.69, 9.17) is 16.7 Å². The molecule has 1 aromatic carbocycles. The number of hydrogen-bond acceptors (Lipinski definition) is 4. The maximum absolute atomic E-state index is 9.05. The molecule has 0 atom stereocenters. The first kappa shape index (κ1) is 13.3. The van der Waals surface area contributed by atoms with E-state index in [2.05, 4.69) is 15.3 Å². The van der Waals surface area contributed by atoms with Crippen molar-refractivity contribution in [3.05, 3.63) is 44.9 Å². The molecule has 18 heavy (non-hydrogen) atoms. The van der Waals surface area contributed by atoms with Crippen molar-refractivity contribution < 1.29 is 5.11 Å². The minimum atomic E-state index is 0.00892. The molecule has 0 fully saturated rings. The zero-order valence-corrected chi connectivity index (χ0v) is 11.9. The van der Waals surface area contributed by atoms with Crippen molar-refractivity contribution in [2.24, 2.45) is 0 Å². The Balaban J connectivity index is 2.15. The fourth-order valence-corrected chi connectivity index (χ4v) is 2.72. The topological polar surface area (TPSA) is 36.4 Å². The Morgan fingerprint density at radius 3 is 2.78 bits per heavy atom. The van der Waals surface area contributed by atoms with Crippen LogP contribution in [0.3, 0.4) is 0 Å². The van der Waals surface area contributed by atoms with Crippen molar-refractivity contribution in [3.8, 4) is 0 Å². The summed E-state index contributed by atoms with van der Waals surface area (Å²) in [6.07, 6.45) is 0. The highest BCUT2D eigenvalue weighted by atomic mass is 35.5. The van der Waals surface area contributed by atoms with Crippen LogP contribution in [0.1, 0.15) is 16.3 Å². The maximum atomic E-state index is 9.05. The lowest BCUT2D eigenvalue weighted by Crippen LogP contribution is -2.17. The Bertz CT molecular complexity index is 542. The van der Waals surface area contributed by atoms with Crippen molar-refractivity contribution in [2.45, 2.75) is 20.1 Å². The molecule has 1 N–H and O–H groups in total. The van der Waals surface area contributed by atoms with Gasteiger partial charge in [0.15, 0.2) is 0 Å². The van der Waals surface area contributed by atoms with Gasteiger partial charge in [0, 0.05) is 12.4 Å². The van der Waals surface area contributed by atoms with Gasteiger partial charge in [0.1, 0.15) is 0 Å². The van der Waals surface area contributed by atoms with Gasteiger partial charge in [0.05, 0.1) is 34.6 Å². The standard InChI is InChI=1S/C13H15ClN2OS/c1-9-15-11(8-18-9)6-16(2)13-4-3-10(7-17)5-12(13)14/h3-5,8,17H,6-7H2,1-2H3. The fraction of sp³-hybridized carbons (Fsp3) is 0.308. The maximum Gasteiger partial charge on any atom is 0.0898 e. The monoisotopic (exact) mass is 282 g/mol. The van der Waals surface area contributed by atoms with Crippen LogP contribution in [-0.4, -0.2) is 17.1 Å². The van der Waals surface area contributed by atoms with Crippen LogP contribution >= 0.6 is 22.9 Å². The minimum absolute atomic E-state index is 0.00892. The van der Waals surface area contributed by atoms with Gasteiger partial charge >= 0.3 is 0 Å². The molecule has 2 rings (SSSR count). The molecule has 0 aliphatic carbocycles. The lowest BCUT2D eigenvalue weighted by atomic mass is 10.2. The van der Waals surface area contributed by atoms with Gasteiger partial charge in [-0.15, -0.1) is 11.3 Å². The Morgan fingerprint density at radius 1 is 1.44 bits per heavy atom. The van der Waals surface area contributed by atoms with Crippen molar-refractivity contribution in [2.75, 3.05) is 11.9 Å². The molecule has 0 saturated heterocycles. The van der Waals surface area contributed by atoms with Crippen molar-refractivity contribution in [1.29, 1.82) is 0 Å². The molecule has 0 aliphatic heterocycles. The number of thiazole rings is 1. The molecule has 0 amide bonds. The number of aliphatic hydroxyl groups is 1. The van der Waals surface area contributed by atoms with Gasteiger partial charge in [0.2, 0.25) is 0 Å². The molecule has 0 radical (unpaired) electrons. The molecule has 0 spiro atoms. The number of hydrogen-bond donors (Lipinski definition) is 1. The van der Waals surface area contributed by atoms with Crippen LogP contribution in [0, 0.1) is 6.92 Å². The van der Waals surface area contributed by atoms with E-state index in [1.165, 1.54) is 0 Å². The molecular weight excluding hydrogens is 268 g/mol. The summed E-state index contributed by atoms with van der Waals surface area (Å²) in [7, 11) is 1.98. The summed E-state index contributed by atoms with van der Waals surface area (Å²) in [5.74, 6) is 0. The summed E-state index contributed by atoms with van der Waals surface area (Å²) in [6.45, 7) is 2.73. The van der Waals surface area contributed by atoms with Crippen LogP contribution in [0.25, 0.3) is 0 Å². The molecule has 0 aliphatic rings. The van der Waals surface area contributed by atoms with Gasteiger partial charge in [-0.25, -0.2) is 4.98 Å². The molecule has 0 unspecified atom stereocenters. The molecular formula is C13H15ClN2OS. The minimum Gasteiger partial charge on any atom is -0.392 e. The Morgan fingerprint density at radius 2 is 2.22 bits per heavy atom. The van der Waals surface area contributed by atoms with Gasteiger partial charge in [-0.05, 0) is 24.6 Å². The van der Waals surface area contributed by atoms with Crippen LogP contribution in [0.5, 0.6) is 0 Å². The lowest BCUT2D eigenvalue weighted by Gasteiger charge is -2.19.